The lowest BCUT2D eigenvalue weighted by molar-refractivity contribution is 0.171. The van der Waals surface area contributed by atoms with E-state index in [9.17, 15) is 8.60 Å². The van der Waals surface area contributed by atoms with Gasteiger partial charge in [-0.2, -0.15) is 0 Å². The molecule has 0 spiro atoms. The Balaban J connectivity index is 1.80. The van der Waals surface area contributed by atoms with Crippen LogP contribution in [0, 0.1) is 5.82 Å². The molecule has 0 radical (unpaired) electrons. The topological polar surface area (TPSA) is 61.6 Å². The highest BCUT2D eigenvalue weighted by Crippen LogP contribution is 2.32. The molecule has 0 saturated heterocycles. The Morgan fingerprint density at radius 1 is 1.10 bits per heavy atom. The first-order valence-corrected chi connectivity index (χ1v) is 7.77. The Bertz CT molecular complexity index is 705. The fourth-order valence-corrected chi connectivity index (χ4v) is 3.17. The average Bonchev–Trinajstić information content (AvgIpc) is 2.50. The van der Waals surface area contributed by atoms with Crippen molar-refractivity contribution in [2.24, 2.45) is 0 Å². The molecule has 2 aromatic rings. The van der Waals surface area contributed by atoms with Gasteiger partial charge in [-0.1, -0.05) is 6.07 Å². The van der Waals surface area contributed by atoms with E-state index < -0.39 is 16.6 Å². The van der Waals surface area contributed by atoms with Crippen LogP contribution in [0.25, 0.3) is 0 Å². The number of ether oxygens (including phenoxy) is 2. The van der Waals surface area contributed by atoms with Gasteiger partial charge in [0.05, 0.1) is 22.2 Å². The first kappa shape index (κ1) is 13.9. The van der Waals surface area contributed by atoms with Crippen molar-refractivity contribution in [2.45, 2.75) is 10.6 Å². The molecular weight excluding hydrogens is 293 g/mol. The summed E-state index contributed by atoms with van der Waals surface area (Å²) in [6.45, 7) is 0.992. The van der Waals surface area contributed by atoms with Crippen molar-refractivity contribution < 1.29 is 18.1 Å². The van der Waals surface area contributed by atoms with Gasteiger partial charge in [0.1, 0.15) is 19.0 Å². The first-order valence-electron chi connectivity index (χ1n) is 6.45. The third-order valence-corrected chi connectivity index (χ3v) is 4.51. The quantitative estimate of drug-likeness (QED) is 0.885. The third-order valence-electron chi connectivity index (χ3n) is 3.14. The fourth-order valence-electron chi connectivity index (χ4n) is 2.06. The molecule has 0 fully saturated rings. The lowest BCUT2D eigenvalue weighted by Gasteiger charge is -2.18. The van der Waals surface area contributed by atoms with E-state index in [2.05, 4.69) is 0 Å². The van der Waals surface area contributed by atoms with E-state index in [4.69, 9.17) is 15.2 Å². The van der Waals surface area contributed by atoms with Gasteiger partial charge in [-0.15, -0.1) is 0 Å². The van der Waals surface area contributed by atoms with E-state index in [1.807, 2.05) is 0 Å². The van der Waals surface area contributed by atoms with Crippen molar-refractivity contribution in [1.29, 1.82) is 0 Å². The number of anilines is 1. The molecule has 110 valence electrons. The summed E-state index contributed by atoms with van der Waals surface area (Å²) in [6.07, 6.45) is 0. The van der Waals surface area contributed by atoms with E-state index in [1.165, 1.54) is 12.1 Å². The monoisotopic (exact) mass is 307 g/mol. The van der Waals surface area contributed by atoms with Gasteiger partial charge in [0.15, 0.2) is 11.5 Å². The average molecular weight is 307 g/mol. The second-order valence-corrected chi connectivity index (χ2v) is 6.10. The highest BCUT2D eigenvalue weighted by Gasteiger charge is 2.14. The van der Waals surface area contributed by atoms with Crippen LogP contribution in [0.2, 0.25) is 0 Å². The maximum Gasteiger partial charge on any atom is 0.162 e. The highest BCUT2D eigenvalue weighted by atomic mass is 32.2. The van der Waals surface area contributed by atoms with Gasteiger partial charge in [-0.25, -0.2) is 4.39 Å². The minimum Gasteiger partial charge on any atom is -0.486 e. The molecule has 1 heterocycles. The first-order chi connectivity index (χ1) is 10.1. The summed E-state index contributed by atoms with van der Waals surface area (Å²) in [4.78, 5) is 0.622. The van der Waals surface area contributed by atoms with Crippen LogP contribution in [0.3, 0.4) is 0 Å². The van der Waals surface area contributed by atoms with Gasteiger partial charge in [0.25, 0.3) is 0 Å². The van der Waals surface area contributed by atoms with Crippen LogP contribution in [-0.4, -0.2) is 17.4 Å². The Hall–Kier alpha value is -2.08. The third kappa shape index (κ3) is 3.00. The van der Waals surface area contributed by atoms with Crippen molar-refractivity contribution in [1.82, 2.24) is 0 Å². The molecule has 0 amide bonds. The molecular formula is C15H14FNO3S. The van der Waals surface area contributed by atoms with Crippen LogP contribution in [0.15, 0.2) is 41.3 Å². The number of nitrogen functional groups attached to an aromatic ring is 1. The molecule has 1 atom stereocenters. The summed E-state index contributed by atoms with van der Waals surface area (Å²) in [7, 11) is -1.29. The molecule has 1 unspecified atom stereocenters. The van der Waals surface area contributed by atoms with Crippen LogP contribution < -0.4 is 15.2 Å². The SMILES string of the molecule is Nc1ccc(CS(=O)c2ccc3c(c2)OCCO3)cc1F. The van der Waals surface area contributed by atoms with E-state index in [-0.39, 0.29) is 11.4 Å². The second-order valence-electron chi connectivity index (χ2n) is 4.65. The lowest BCUT2D eigenvalue weighted by Crippen LogP contribution is -2.15. The van der Waals surface area contributed by atoms with Crippen molar-refractivity contribution >= 4 is 16.5 Å². The molecule has 2 aromatic carbocycles. The van der Waals surface area contributed by atoms with Crippen LogP contribution in [0.4, 0.5) is 10.1 Å². The Labute approximate surface area is 124 Å². The molecule has 1 aliphatic rings. The minimum absolute atomic E-state index is 0.0869. The predicted molar refractivity (Wildman–Crippen MR) is 78.4 cm³/mol. The summed E-state index contributed by atoms with van der Waals surface area (Å²) in [5.41, 5.74) is 6.15. The number of hydrogen-bond donors (Lipinski definition) is 1. The summed E-state index contributed by atoms with van der Waals surface area (Å²) in [5, 5.41) is 0. The zero-order valence-corrected chi connectivity index (χ0v) is 12.0. The molecule has 0 aromatic heterocycles. The van der Waals surface area contributed by atoms with E-state index in [0.717, 1.165) is 0 Å². The maximum atomic E-state index is 13.4. The molecule has 21 heavy (non-hydrogen) atoms. The number of benzene rings is 2. The van der Waals surface area contributed by atoms with Crippen LogP contribution >= 0.6 is 0 Å². The molecule has 0 saturated carbocycles. The van der Waals surface area contributed by atoms with E-state index >= 15 is 0 Å². The minimum atomic E-state index is -1.29. The molecule has 1 aliphatic heterocycles. The van der Waals surface area contributed by atoms with Gasteiger partial charge in [0, 0.05) is 11.0 Å². The van der Waals surface area contributed by atoms with Gasteiger partial charge < -0.3 is 15.2 Å². The number of fused-ring (bicyclic) bond motifs is 1. The maximum absolute atomic E-state index is 13.4. The number of rotatable bonds is 3. The van der Waals surface area contributed by atoms with Crippen molar-refractivity contribution in [3.05, 3.63) is 47.8 Å². The van der Waals surface area contributed by atoms with Crippen LogP contribution in [-0.2, 0) is 16.6 Å². The highest BCUT2D eigenvalue weighted by molar-refractivity contribution is 7.84. The Kier molecular flexibility index (Phi) is 3.79. The summed E-state index contributed by atoms with van der Waals surface area (Å²) in [6, 6.07) is 9.64. The summed E-state index contributed by atoms with van der Waals surface area (Å²) in [5.74, 6) is 0.972. The van der Waals surface area contributed by atoms with E-state index in [1.54, 1.807) is 24.3 Å². The van der Waals surface area contributed by atoms with Gasteiger partial charge in [-0.3, -0.25) is 4.21 Å². The molecule has 0 bridgehead atoms. The van der Waals surface area contributed by atoms with Crippen LogP contribution in [0.1, 0.15) is 5.56 Å². The van der Waals surface area contributed by atoms with Gasteiger partial charge in [-0.05, 0) is 29.8 Å². The molecule has 4 nitrogen and oxygen atoms in total. The van der Waals surface area contributed by atoms with Gasteiger partial charge >= 0.3 is 0 Å². The summed E-state index contributed by atoms with van der Waals surface area (Å²) >= 11 is 0. The normalized spacial score (nSPS) is 14.7. The van der Waals surface area contributed by atoms with Crippen molar-refractivity contribution in [2.75, 3.05) is 18.9 Å². The van der Waals surface area contributed by atoms with Gasteiger partial charge in [0.2, 0.25) is 0 Å². The Morgan fingerprint density at radius 2 is 1.86 bits per heavy atom. The molecule has 6 heteroatoms. The zero-order valence-electron chi connectivity index (χ0n) is 11.2. The predicted octanol–water partition coefficient (Wildman–Crippen LogP) is 2.49. The largest absolute Gasteiger partial charge is 0.486 e. The summed E-state index contributed by atoms with van der Waals surface area (Å²) < 4.78 is 36.6. The molecule has 3 rings (SSSR count). The smallest absolute Gasteiger partial charge is 0.162 e. The molecule has 0 aliphatic carbocycles. The number of hydrogen-bond acceptors (Lipinski definition) is 4. The van der Waals surface area contributed by atoms with Crippen LogP contribution in [0.5, 0.6) is 11.5 Å². The lowest BCUT2D eigenvalue weighted by atomic mass is 10.2. The fraction of sp³-hybridized carbons (Fsp3) is 0.200. The molecule has 2 N–H and O–H groups in total. The number of halogens is 1. The number of nitrogens with two attached hydrogens (primary N) is 1. The Morgan fingerprint density at radius 3 is 2.62 bits per heavy atom. The standard InChI is InChI=1S/C15H14FNO3S/c16-12-7-10(1-3-13(12)17)9-21(18)11-2-4-14-15(8-11)20-6-5-19-14/h1-4,7-8H,5-6,9,17H2. The van der Waals surface area contributed by atoms with E-state index in [0.29, 0.717) is 35.2 Å². The zero-order chi connectivity index (χ0) is 14.8. The van der Waals surface area contributed by atoms with Crippen molar-refractivity contribution in [3.8, 4) is 11.5 Å². The van der Waals surface area contributed by atoms with Crippen molar-refractivity contribution in [3.63, 3.8) is 0 Å². The second kappa shape index (κ2) is 5.73.